The van der Waals surface area contributed by atoms with Crippen molar-refractivity contribution >= 4 is 33.7 Å². The average molecular weight is 428 g/mol. The van der Waals surface area contributed by atoms with Crippen LogP contribution in [0.25, 0.3) is 0 Å². The highest BCUT2D eigenvalue weighted by atomic mass is 32.2. The van der Waals surface area contributed by atoms with E-state index in [9.17, 15) is 27.6 Å². The van der Waals surface area contributed by atoms with Gasteiger partial charge in [0, 0.05) is 5.56 Å². The van der Waals surface area contributed by atoms with Crippen LogP contribution in [0.15, 0.2) is 29.2 Å². The normalized spacial score (nSPS) is 12.1. The first-order valence-corrected chi connectivity index (χ1v) is 10.1. The van der Waals surface area contributed by atoms with Crippen molar-refractivity contribution in [3.8, 4) is 0 Å². The maximum atomic E-state index is 12.0. The minimum absolute atomic E-state index is 0.0558. The zero-order chi connectivity index (χ0) is 22.2. The fraction of sp³-hybridized carbons (Fsp3) is 0.412. The molecule has 0 aliphatic rings. The summed E-state index contributed by atoms with van der Waals surface area (Å²) in [5.74, 6) is -3.07. The molecule has 11 nitrogen and oxygen atoms in total. The third kappa shape index (κ3) is 8.70. The second-order valence-corrected chi connectivity index (χ2v) is 8.18. The summed E-state index contributed by atoms with van der Waals surface area (Å²) < 4.78 is 22.3. The van der Waals surface area contributed by atoms with Crippen molar-refractivity contribution in [2.75, 3.05) is 13.1 Å². The monoisotopic (exact) mass is 428 g/mol. The van der Waals surface area contributed by atoms with Gasteiger partial charge in [-0.15, -0.1) is 0 Å². The summed E-state index contributed by atoms with van der Waals surface area (Å²) in [6.07, 6.45) is 0.245. The highest BCUT2D eigenvalue weighted by molar-refractivity contribution is 7.89. The average Bonchev–Trinajstić information content (AvgIpc) is 2.62. The molecule has 0 radical (unpaired) electrons. The Morgan fingerprint density at radius 1 is 1.00 bits per heavy atom. The number of carbonyl (C=O) groups excluding carboxylic acids is 3. The molecule has 1 aromatic carbocycles. The Labute approximate surface area is 168 Å². The van der Waals surface area contributed by atoms with E-state index in [0.717, 1.165) is 12.1 Å². The summed E-state index contributed by atoms with van der Waals surface area (Å²) in [4.78, 5) is 46.4. The van der Waals surface area contributed by atoms with Crippen molar-refractivity contribution in [2.24, 2.45) is 11.1 Å². The number of carboxylic acids is 1. The lowest BCUT2D eigenvalue weighted by molar-refractivity contribution is -0.142. The summed E-state index contributed by atoms with van der Waals surface area (Å²) in [7, 11) is -3.88. The molecule has 0 aliphatic heterocycles. The molecule has 0 heterocycles. The van der Waals surface area contributed by atoms with Crippen LogP contribution in [0.1, 0.15) is 30.6 Å². The van der Waals surface area contributed by atoms with E-state index in [-0.39, 0.29) is 22.8 Å². The maximum absolute atomic E-state index is 12.0. The van der Waals surface area contributed by atoms with Gasteiger partial charge in [0.2, 0.25) is 21.8 Å². The van der Waals surface area contributed by atoms with Crippen molar-refractivity contribution in [2.45, 2.75) is 31.2 Å². The third-order valence-electron chi connectivity index (χ3n) is 3.64. The molecule has 0 spiro atoms. The molecule has 160 valence electrons. The first-order chi connectivity index (χ1) is 13.4. The number of primary sulfonamides is 1. The van der Waals surface area contributed by atoms with Crippen LogP contribution in [0, 0.1) is 5.92 Å². The molecular formula is C17H24N4O7S. The molecule has 0 aliphatic carbocycles. The molecule has 0 aromatic heterocycles. The minimum Gasteiger partial charge on any atom is -0.480 e. The fourth-order valence-corrected chi connectivity index (χ4v) is 2.75. The van der Waals surface area contributed by atoms with Crippen molar-refractivity contribution in [3.05, 3.63) is 29.8 Å². The Hall–Kier alpha value is -2.99. The van der Waals surface area contributed by atoms with Gasteiger partial charge in [-0.05, 0) is 36.6 Å². The van der Waals surface area contributed by atoms with Gasteiger partial charge >= 0.3 is 5.97 Å². The van der Waals surface area contributed by atoms with Gasteiger partial charge in [0.15, 0.2) is 0 Å². The third-order valence-corrected chi connectivity index (χ3v) is 4.57. The summed E-state index contributed by atoms with van der Waals surface area (Å²) >= 11 is 0. The number of nitrogens with two attached hydrogens (primary N) is 1. The van der Waals surface area contributed by atoms with Gasteiger partial charge in [0.25, 0.3) is 5.91 Å². The number of carboxylic acid groups (broad SMARTS) is 1. The highest BCUT2D eigenvalue weighted by Crippen LogP contribution is 2.08. The van der Waals surface area contributed by atoms with E-state index in [1.807, 2.05) is 13.8 Å². The molecule has 1 atom stereocenters. The van der Waals surface area contributed by atoms with Crippen LogP contribution in [0.3, 0.4) is 0 Å². The largest absolute Gasteiger partial charge is 0.480 e. The minimum atomic E-state index is -3.88. The van der Waals surface area contributed by atoms with E-state index < -0.39 is 52.8 Å². The molecule has 12 heteroatoms. The van der Waals surface area contributed by atoms with Crippen LogP contribution in [-0.4, -0.2) is 56.3 Å². The van der Waals surface area contributed by atoms with Gasteiger partial charge in [-0.2, -0.15) is 0 Å². The molecule has 0 saturated carbocycles. The molecular weight excluding hydrogens is 404 g/mol. The van der Waals surface area contributed by atoms with Gasteiger partial charge in [-0.3, -0.25) is 14.4 Å². The van der Waals surface area contributed by atoms with E-state index in [1.54, 1.807) is 0 Å². The molecule has 1 rings (SSSR count). The van der Waals surface area contributed by atoms with Crippen LogP contribution in [0.2, 0.25) is 0 Å². The highest BCUT2D eigenvalue weighted by Gasteiger charge is 2.21. The number of sulfonamides is 1. The van der Waals surface area contributed by atoms with E-state index >= 15 is 0 Å². The van der Waals surface area contributed by atoms with Gasteiger partial charge in [-0.25, -0.2) is 18.4 Å². The predicted octanol–water partition coefficient (Wildman–Crippen LogP) is -1.20. The molecule has 6 N–H and O–H groups in total. The van der Waals surface area contributed by atoms with E-state index in [4.69, 9.17) is 10.2 Å². The lowest BCUT2D eigenvalue weighted by Gasteiger charge is -2.16. The van der Waals surface area contributed by atoms with Crippen molar-refractivity contribution in [1.29, 1.82) is 0 Å². The number of rotatable bonds is 10. The number of aliphatic carboxylic acids is 1. The first-order valence-electron chi connectivity index (χ1n) is 8.60. The smallest absolute Gasteiger partial charge is 0.326 e. The second kappa shape index (κ2) is 10.5. The Morgan fingerprint density at radius 3 is 2.03 bits per heavy atom. The Kier molecular flexibility index (Phi) is 8.73. The van der Waals surface area contributed by atoms with Crippen LogP contribution in [0.4, 0.5) is 0 Å². The number of benzene rings is 1. The van der Waals surface area contributed by atoms with E-state index in [0.29, 0.717) is 0 Å². The predicted molar refractivity (Wildman–Crippen MR) is 102 cm³/mol. The maximum Gasteiger partial charge on any atom is 0.326 e. The van der Waals surface area contributed by atoms with Gasteiger partial charge in [-0.1, -0.05) is 13.8 Å². The standard InChI is InChI=1S/C17H24N4O7S/c1-10(2)7-13(17(25)26)21-15(23)9-19-14(22)8-20-16(24)11-3-5-12(6-4-11)29(18,27)28/h3-6,10,13H,7-9H2,1-2H3,(H,19,22)(H,20,24)(H,21,23)(H,25,26)(H2,18,27,28). The molecule has 0 bridgehead atoms. The first kappa shape index (κ1) is 24.0. The molecule has 29 heavy (non-hydrogen) atoms. The molecule has 0 saturated heterocycles. The van der Waals surface area contributed by atoms with Gasteiger partial charge in [0.05, 0.1) is 18.0 Å². The zero-order valence-electron chi connectivity index (χ0n) is 16.0. The summed E-state index contributed by atoms with van der Waals surface area (Å²) in [6.45, 7) is 2.75. The summed E-state index contributed by atoms with van der Waals surface area (Å²) in [5, 5.41) is 20.9. The number of hydrogen-bond acceptors (Lipinski definition) is 6. The van der Waals surface area contributed by atoms with Gasteiger partial charge in [0.1, 0.15) is 6.04 Å². The van der Waals surface area contributed by atoms with E-state index in [1.165, 1.54) is 12.1 Å². The molecule has 3 amide bonds. The number of nitrogens with one attached hydrogen (secondary N) is 3. The van der Waals surface area contributed by atoms with E-state index in [2.05, 4.69) is 16.0 Å². The number of carbonyl (C=O) groups is 4. The lowest BCUT2D eigenvalue weighted by Crippen LogP contribution is -2.47. The molecule has 1 aromatic rings. The van der Waals surface area contributed by atoms with Crippen LogP contribution < -0.4 is 21.1 Å². The van der Waals surface area contributed by atoms with Crippen LogP contribution in [0.5, 0.6) is 0 Å². The van der Waals surface area contributed by atoms with Crippen LogP contribution in [-0.2, 0) is 24.4 Å². The zero-order valence-corrected chi connectivity index (χ0v) is 16.8. The molecule has 0 fully saturated rings. The summed E-state index contributed by atoms with van der Waals surface area (Å²) in [5.41, 5.74) is 0.112. The number of hydrogen-bond donors (Lipinski definition) is 5. The Bertz CT molecular complexity index is 866. The van der Waals surface area contributed by atoms with Crippen molar-refractivity contribution in [1.82, 2.24) is 16.0 Å². The fourth-order valence-electron chi connectivity index (χ4n) is 2.24. The van der Waals surface area contributed by atoms with Crippen molar-refractivity contribution < 1.29 is 32.7 Å². The SMILES string of the molecule is CC(C)CC(NC(=O)CNC(=O)CNC(=O)c1ccc(S(N)(=O)=O)cc1)C(=O)O. The summed E-state index contributed by atoms with van der Waals surface area (Å²) in [6, 6.07) is 3.73. The van der Waals surface area contributed by atoms with Crippen LogP contribution >= 0.6 is 0 Å². The topological polar surface area (TPSA) is 185 Å². The second-order valence-electron chi connectivity index (χ2n) is 6.62. The lowest BCUT2D eigenvalue weighted by atomic mass is 10.0. The quantitative estimate of drug-likeness (QED) is 0.309. The van der Waals surface area contributed by atoms with Gasteiger partial charge < -0.3 is 21.1 Å². The Balaban J connectivity index is 2.45. The van der Waals surface area contributed by atoms with Crippen molar-refractivity contribution in [3.63, 3.8) is 0 Å². The molecule has 1 unspecified atom stereocenters. The Morgan fingerprint density at radius 2 is 1.55 bits per heavy atom. The number of amides is 3.